The lowest BCUT2D eigenvalue weighted by molar-refractivity contribution is 0.0971. The maximum atomic E-state index is 13.7. The monoisotopic (exact) mass is 510 g/mol. The van der Waals surface area contributed by atoms with Gasteiger partial charge in [-0.25, -0.2) is 4.79 Å². The molecule has 0 saturated heterocycles. The van der Waals surface area contributed by atoms with Gasteiger partial charge in [0.1, 0.15) is 11.4 Å². The van der Waals surface area contributed by atoms with E-state index >= 15 is 0 Å². The Hall–Kier alpha value is -5.36. The highest BCUT2D eigenvalue weighted by molar-refractivity contribution is 6.04. The van der Waals surface area contributed by atoms with E-state index in [0.717, 1.165) is 10.8 Å². The molecule has 1 N–H and O–H groups in total. The second-order valence-corrected chi connectivity index (χ2v) is 9.08. The van der Waals surface area contributed by atoms with Crippen LogP contribution in [0.1, 0.15) is 27.4 Å². The number of benzene rings is 5. The molecule has 1 unspecified atom stereocenters. The largest absolute Gasteiger partial charge is 0.507 e. The molecule has 1 heterocycles. The number of Topliss-reactive ketones (excluding diaryl/α,β-unsaturated/α-hetero) is 1. The standard InChI is InChI=1S/C33H22N2O4/c36-30(23-14-5-2-6-15-23)28(22-12-3-1-4-13-22)29-31(37)25-18-10-20-27(32(25)39-33(29)38)35-34-26-19-9-16-21-11-7-8-17-24(21)26/h1-20,28,37H. The Balaban J connectivity index is 1.50. The van der Waals surface area contributed by atoms with Crippen LogP contribution in [-0.2, 0) is 0 Å². The minimum Gasteiger partial charge on any atom is -0.507 e. The Morgan fingerprint density at radius 3 is 2.05 bits per heavy atom. The molecule has 1 aromatic heterocycles. The van der Waals surface area contributed by atoms with Crippen molar-refractivity contribution in [1.29, 1.82) is 0 Å². The van der Waals surface area contributed by atoms with E-state index in [9.17, 15) is 14.7 Å². The molecule has 0 saturated carbocycles. The van der Waals surface area contributed by atoms with Crippen molar-refractivity contribution in [3.05, 3.63) is 148 Å². The first-order valence-electron chi connectivity index (χ1n) is 12.4. The number of fused-ring (bicyclic) bond motifs is 2. The summed E-state index contributed by atoms with van der Waals surface area (Å²) in [6, 6.07) is 36.1. The summed E-state index contributed by atoms with van der Waals surface area (Å²) < 4.78 is 5.75. The maximum absolute atomic E-state index is 13.7. The SMILES string of the molecule is O=C(c1ccccc1)C(c1ccccc1)c1c(O)c2cccc(N=Nc3cccc4ccccc34)c2oc1=O. The van der Waals surface area contributed by atoms with Crippen LogP contribution >= 0.6 is 0 Å². The number of aromatic hydroxyl groups is 1. The molecule has 6 aromatic rings. The quantitative estimate of drug-likeness (QED) is 0.139. The lowest BCUT2D eigenvalue weighted by Gasteiger charge is -2.18. The van der Waals surface area contributed by atoms with Crippen molar-refractivity contribution in [2.24, 2.45) is 10.2 Å². The normalized spacial score (nSPS) is 12.2. The lowest BCUT2D eigenvalue weighted by Crippen LogP contribution is -2.21. The van der Waals surface area contributed by atoms with Gasteiger partial charge in [-0.3, -0.25) is 4.79 Å². The second-order valence-electron chi connectivity index (χ2n) is 9.08. The van der Waals surface area contributed by atoms with Crippen LogP contribution in [0.25, 0.3) is 21.7 Å². The fourth-order valence-electron chi connectivity index (χ4n) is 4.81. The number of azo groups is 1. The van der Waals surface area contributed by atoms with Gasteiger partial charge in [-0.15, -0.1) is 10.2 Å². The minimum atomic E-state index is -1.06. The van der Waals surface area contributed by atoms with E-state index in [-0.39, 0.29) is 33.8 Å². The summed E-state index contributed by atoms with van der Waals surface area (Å²) in [6.45, 7) is 0. The fourth-order valence-corrected chi connectivity index (χ4v) is 4.81. The van der Waals surface area contributed by atoms with E-state index in [1.165, 1.54) is 0 Å². The summed E-state index contributed by atoms with van der Waals surface area (Å²) in [6.07, 6.45) is 0. The van der Waals surface area contributed by atoms with Crippen LogP contribution in [0.5, 0.6) is 5.75 Å². The molecule has 39 heavy (non-hydrogen) atoms. The number of carbonyl (C=O) groups excluding carboxylic acids is 1. The van der Waals surface area contributed by atoms with Crippen LogP contribution < -0.4 is 5.63 Å². The number of hydrogen-bond donors (Lipinski definition) is 1. The summed E-state index contributed by atoms with van der Waals surface area (Å²) in [5.74, 6) is -1.70. The molecule has 0 aliphatic rings. The molecule has 6 rings (SSSR count). The van der Waals surface area contributed by atoms with Crippen molar-refractivity contribution in [3.63, 3.8) is 0 Å². The summed E-state index contributed by atoms with van der Waals surface area (Å²) in [7, 11) is 0. The highest BCUT2D eigenvalue weighted by Crippen LogP contribution is 2.39. The topological polar surface area (TPSA) is 92.2 Å². The van der Waals surface area contributed by atoms with Crippen molar-refractivity contribution in [3.8, 4) is 5.75 Å². The number of nitrogens with zero attached hydrogens (tertiary/aromatic N) is 2. The molecule has 0 aliphatic heterocycles. The Kier molecular flexibility index (Phi) is 6.27. The van der Waals surface area contributed by atoms with Gasteiger partial charge >= 0.3 is 5.63 Å². The van der Waals surface area contributed by atoms with E-state index in [4.69, 9.17) is 4.42 Å². The van der Waals surface area contributed by atoms with Crippen molar-refractivity contribution in [2.75, 3.05) is 0 Å². The Morgan fingerprint density at radius 1 is 0.667 bits per heavy atom. The van der Waals surface area contributed by atoms with Crippen molar-refractivity contribution < 1.29 is 14.3 Å². The van der Waals surface area contributed by atoms with Gasteiger partial charge in [-0.2, -0.15) is 0 Å². The molecule has 5 aromatic carbocycles. The van der Waals surface area contributed by atoms with E-state index < -0.39 is 11.5 Å². The van der Waals surface area contributed by atoms with E-state index in [1.54, 1.807) is 66.7 Å². The van der Waals surface area contributed by atoms with Crippen molar-refractivity contribution in [1.82, 2.24) is 0 Å². The van der Waals surface area contributed by atoms with Gasteiger partial charge in [-0.1, -0.05) is 103 Å². The number of ketones is 1. The first kappa shape index (κ1) is 24.0. The van der Waals surface area contributed by atoms with E-state index in [0.29, 0.717) is 16.8 Å². The Bertz CT molecular complexity index is 1910. The Labute approximate surface area is 223 Å². The van der Waals surface area contributed by atoms with Gasteiger partial charge < -0.3 is 9.52 Å². The molecule has 0 radical (unpaired) electrons. The number of hydrogen-bond acceptors (Lipinski definition) is 6. The van der Waals surface area contributed by atoms with Gasteiger partial charge in [-0.05, 0) is 29.1 Å². The predicted molar refractivity (Wildman–Crippen MR) is 151 cm³/mol. The molecule has 0 spiro atoms. The summed E-state index contributed by atoms with van der Waals surface area (Å²) in [5.41, 5.74) is 1.09. The smallest absolute Gasteiger partial charge is 0.344 e. The molecule has 0 amide bonds. The first-order valence-corrected chi connectivity index (χ1v) is 12.4. The zero-order valence-corrected chi connectivity index (χ0v) is 20.7. The molecule has 6 nitrogen and oxygen atoms in total. The zero-order valence-electron chi connectivity index (χ0n) is 20.7. The molecule has 0 fully saturated rings. The minimum absolute atomic E-state index is 0.0895. The summed E-state index contributed by atoms with van der Waals surface area (Å²) >= 11 is 0. The average molecular weight is 511 g/mol. The molecular weight excluding hydrogens is 488 g/mol. The molecule has 0 bridgehead atoms. The number of carbonyl (C=O) groups is 1. The van der Waals surface area contributed by atoms with Crippen LogP contribution in [0, 0.1) is 0 Å². The van der Waals surface area contributed by atoms with Crippen LogP contribution in [0.3, 0.4) is 0 Å². The van der Waals surface area contributed by atoms with Gasteiger partial charge in [0, 0.05) is 10.9 Å². The average Bonchev–Trinajstić information content (AvgIpc) is 2.99. The lowest BCUT2D eigenvalue weighted by atomic mass is 9.84. The zero-order chi connectivity index (χ0) is 26.8. The maximum Gasteiger partial charge on any atom is 0.344 e. The Morgan fingerprint density at radius 2 is 1.26 bits per heavy atom. The van der Waals surface area contributed by atoms with E-state index in [1.807, 2.05) is 54.6 Å². The van der Waals surface area contributed by atoms with Crippen molar-refractivity contribution >= 4 is 38.9 Å². The molecule has 1 atom stereocenters. The summed E-state index contributed by atoms with van der Waals surface area (Å²) in [5, 5.41) is 22.4. The second kappa shape index (κ2) is 10.2. The summed E-state index contributed by atoms with van der Waals surface area (Å²) in [4.78, 5) is 27.1. The van der Waals surface area contributed by atoms with Gasteiger partial charge in [0.05, 0.1) is 22.6 Å². The van der Waals surface area contributed by atoms with Gasteiger partial charge in [0.15, 0.2) is 11.4 Å². The molecule has 0 aliphatic carbocycles. The number of para-hydroxylation sites is 1. The van der Waals surface area contributed by atoms with Crippen molar-refractivity contribution in [2.45, 2.75) is 5.92 Å². The molecule has 6 heteroatoms. The fraction of sp³-hybridized carbons (Fsp3) is 0.0303. The third-order valence-corrected chi connectivity index (χ3v) is 6.69. The highest BCUT2D eigenvalue weighted by atomic mass is 16.4. The third-order valence-electron chi connectivity index (χ3n) is 6.69. The van der Waals surface area contributed by atoms with Crippen LogP contribution in [-0.4, -0.2) is 10.9 Å². The highest BCUT2D eigenvalue weighted by Gasteiger charge is 2.31. The van der Waals surface area contributed by atoms with Crippen LogP contribution in [0.15, 0.2) is 141 Å². The van der Waals surface area contributed by atoms with E-state index in [2.05, 4.69) is 10.2 Å². The molecule has 188 valence electrons. The number of rotatable bonds is 6. The predicted octanol–water partition coefficient (Wildman–Crippen LogP) is 8.08. The van der Waals surface area contributed by atoms with Crippen LogP contribution in [0.4, 0.5) is 11.4 Å². The van der Waals surface area contributed by atoms with Gasteiger partial charge in [0.25, 0.3) is 0 Å². The van der Waals surface area contributed by atoms with Gasteiger partial charge in [0.2, 0.25) is 0 Å². The first-order chi connectivity index (χ1) is 19.1. The molecular formula is C33H22N2O4. The van der Waals surface area contributed by atoms with Crippen LogP contribution in [0.2, 0.25) is 0 Å². The third kappa shape index (κ3) is 4.49.